The third-order valence-corrected chi connectivity index (χ3v) is 2.48. The molecule has 0 saturated carbocycles. The fourth-order valence-electron chi connectivity index (χ4n) is 1.22. The minimum Gasteiger partial charge on any atom is -0.329 e. The van der Waals surface area contributed by atoms with E-state index in [-0.39, 0.29) is 5.82 Å². The molecule has 2 aromatic rings. The van der Waals surface area contributed by atoms with Crippen LogP contribution in [0.5, 0.6) is 0 Å². The molecule has 2 heterocycles. The van der Waals surface area contributed by atoms with Crippen LogP contribution >= 0.6 is 15.9 Å². The van der Waals surface area contributed by atoms with Crippen LogP contribution < -0.4 is 5.73 Å². The number of nitrogens with zero attached hydrogens (tertiary/aromatic N) is 3. The second-order valence-electron chi connectivity index (χ2n) is 3.37. The molecular formula is C9H6BrF3N4O. The van der Waals surface area contributed by atoms with Crippen molar-refractivity contribution >= 4 is 15.9 Å². The molecule has 9 heteroatoms. The Morgan fingerprint density at radius 2 is 2.06 bits per heavy atom. The Bertz CT molecular complexity index is 557. The Balaban J connectivity index is 2.29. The summed E-state index contributed by atoms with van der Waals surface area (Å²) in [5, 5.41) is 3.21. The lowest BCUT2D eigenvalue weighted by Gasteiger charge is -2.06. The largest absolute Gasteiger partial charge is 0.471 e. The molecular weight excluding hydrogens is 317 g/mol. The van der Waals surface area contributed by atoms with Gasteiger partial charge in [-0.25, -0.2) is 0 Å². The molecule has 0 aliphatic carbocycles. The van der Waals surface area contributed by atoms with Gasteiger partial charge in [0.15, 0.2) is 5.82 Å². The Kier molecular flexibility index (Phi) is 3.35. The minimum atomic E-state index is -4.68. The van der Waals surface area contributed by atoms with E-state index < -0.39 is 18.1 Å². The summed E-state index contributed by atoms with van der Waals surface area (Å²) in [6, 6.07) is 0.677. The standard InChI is InChI=1S/C9H6BrF3N4O/c10-5-1-4(2-15-3-5)6(14)7-16-8(18-17-7)9(11,12)13/h1-3,6H,14H2. The minimum absolute atomic E-state index is 0.248. The van der Waals surface area contributed by atoms with Crippen LogP contribution in [0.4, 0.5) is 13.2 Å². The fraction of sp³-hybridized carbons (Fsp3) is 0.222. The number of rotatable bonds is 2. The van der Waals surface area contributed by atoms with Crippen LogP contribution in [0, 0.1) is 0 Å². The highest BCUT2D eigenvalue weighted by Crippen LogP contribution is 2.29. The molecule has 0 saturated heterocycles. The first-order valence-corrected chi connectivity index (χ1v) is 5.44. The van der Waals surface area contributed by atoms with E-state index in [1.807, 2.05) is 0 Å². The van der Waals surface area contributed by atoms with Crippen molar-refractivity contribution in [3.63, 3.8) is 0 Å². The molecule has 2 aromatic heterocycles. The lowest BCUT2D eigenvalue weighted by Crippen LogP contribution is -2.14. The number of nitrogens with two attached hydrogens (primary N) is 1. The molecule has 0 aliphatic heterocycles. The van der Waals surface area contributed by atoms with E-state index in [4.69, 9.17) is 5.73 Å². The molecule has 0 aliphatic rings. The monoisotopic (exact) mass is 322 g/mol. The molecule has 0 amide bonds. The maximum Gasteiger partial charge on any atom is 0.471 e. The average molecular weight is 323 g/mol. The fourth-order valence-corrected chi connectivity index (χ4v) is 1.61. The third kappa shape index (κ3) is 2.67. The molecule has 5 nitrogen and oxygen atoms in total. The van der Waals surface area contributed by atoms with E-state index in [1.54, 1.807) is 6.07 Å². The van der Waals surface area contributed by atoms with Gasteiger partial charge in [0.2, 0.25) is 0 Å². The smallest absolute Gasteiger partial charge is 0.329 e. The summed E-state index contributed by atoms with van der Waals surface area (Å²) in [5.41, 5.74) is 6.20. The van der Waals surface area contributed by atoms with Crippen molar-refractivity contribution in [1.82, 2.24) is 15.1 Å². The Hall–Kier alpha value is -1.48. The highest BCUT2D eigenvalue weighted by Gasteiger charge is 2.39. The SMILES string of the molecule is NC(c1cncc(Br)c1)c1noc(C(F)(F)F)n1. The van der Waals surface area contributed by atoms with E-state index >= 15 is 0 Å². The number of hydrogen-bond donors (Lipinski definition) is 1. The van der Waals surface area contributed by atoms with Gasteiger partial charge >= 0.3 is 12.1 Å². The van der Waals surface area contributed by atoms with Gasteiger partial charge in [0.05, 0.1) is 6.04 Å². The third-order valence-electron chi connectivity index (χ3n) is 2.05. The van der Waals surface area contributed by atoms with Gasteiger partial charge in [0.1, 0.15) is 0 Å². The first-order valence-electron chi connectivity index (χ1n) is 4.65. The molecule has 0 bridgehead atoms. The molecule has 0 spiro atoms. The van der Waals surface area contributed by atoms with Crippen LogP contribution in [0.25, 0.3) is 0 Å². The molecule has 0 fully saturated rings. The highest BCUT2D eigenvalue weighted by molar-refractivity contribution is 9.10. The van der Waals surface area contributed by atoms with E-state index in [2.05, 4.69) is 35.6 Å². The van der Waals surface area contributed by atoms with Gasteiger partial charge in [0, 0.05) is 16.9 Å². The van der Waals surface area contributed by atoms with Crippen LogP contribution in [-0.2, 0) is 6.18 Å². The van der Waals surface area contributed by atoms with Gasteiger partial charge in [-0.1, -0.05) is 5.16 Å². The van der Waals surface area contributed by atoms with Gasteiger partial charge in [-0.15, -0.1) is 0 Å². The molecule has 18 heavy (non-hydrogen) atoms. The van der Waals surface area contributed by atoms with Crippen molar-refractivity contribution in [2.75, 3.05) is 0 Å². The van der Waals surface area contributed by atoms with E-state index in [1.165, 1.54) is 12.4 Å². The van der Waals surface area contributed by atoms with Gasteiger partial charge in [0.25, 0.3) is 0 Å². The normalized spacial score (nSPS) is 13.6. The van der Waals surface area contributed by atoms with Gasteiger partial charge in [-0.3, -0.25) is 4.98 Å². The Morgan fingerprint density at radius 3 is 2.61 bits per heavy atom. The lowest BCUT2D eigenvalue weighted by molar-refractivity contribution is -0.159. The first-order chi connectivity index (χ1) is 8.38. The summed E-state index contributed by atoms with van der Waals surface area (Å²) in [7, 11) is 0. The number of alkyl halides is 3. The van der Waals surface area contributed by atoms with Gasteiger partial charge in [-0.05, 0) is 27.6 Å². The second kappa shape index (κ2) is 4.65. The first kappa shape index (κ1) is 13.0. The van der Waals surface area contributed by atoms with Crippen LogP contribution in [0.2, 0.25) is 0 Å². The lowest BCUT2D eigenvalue weighted by atomic mass is 10.1. The van der Waals surface area contributed by atoms with E-state index in [0.29, 0.717) is 10.0 Å². The van der Waals surface area contributed by atoms with E-state index in [0.717, 1.165) is 0 Å². The zero-order valence-electron chi connectivity index (χ0n) is 8.65. The molecule has 1 atom stereocenters. The van der Waals surface area contributed by atoms with Crippen molar-refractivity contribution < 1.29 is 17.7 Å². The summed E-state index contributed by atoms with van der Waals surface area (Å²) in [6.45, 7) is 0. The molecule has 1 unspecified atom stereocenters. The predicted octanol–water partition coefficient (Wildman–Crippen LogP) is 2.29. The van der Waals surface area contributed by atoms with Crippen molar-refractivity contribution in [1.29, 1.82) is 0 Å². The molecule has 0 aromatic carbocycles. The highest BCUT2D eigenvalue weighted by atomic mass is 79.9. The molecule has 96 valence electrons. The molecule has 2 N–H and O–H groups in total. The van der Waals surface area contributed by atoms with Gasteiger partial charge < -0.3 is 10.3 Å². The van der Waals surface area contributed by atoms with E-state index in [9.17, 15) is 13.2 Å². The Morgan fingerprint density at radius 1 is 1.33 bits per heavy atom. The van der Waals surface area contributed by atoms with Crippen molar-refractivity contribution in [3.8, 4) is 0 Å². The topological polar surface area (TPSA) is 77.8 Å². The van der Waals surface area contributed by atoms with Crippen molar-refractivity contribution in [2.24, 2.45) is 5.73 Å². The summed E-state index contributed by atoms with van der Waals surface area (Å²) in [4.78, 5) is 7.07. The summed E-state index contributed by atoms with van der Waals surface area (Å²) in [6.07, 6.45) is -1.74. The van der Waals surface area contributed by atoms with Crippen LogP contribution in [0.3, 0.4) is 0 Å². The maximum absolute atomic E-state index is 12.3. The number of hydrogen-bond acceptors (Lipinski definition) is 5. The quantitative estimate of drug-likeness (QED) is 0.917. The predicted molar refractivity (Wildman–Crippen MR) is 57.3 cm³/mol. The second-order valence-corrected chi connectivity index (χ2v) is 4.29. The number of aromatic nitrogens is 3. The zero-order chi connectivity index (χ0) is 13.3. The summed E-state index contributed by atoms with van der Waals surface area (Å²) in [5.74, 6) is -1.67. The van der Waals surface area contributed by atoms with Crippen LogP contribution in [-0.4, -0.2) is 15.1 Å². The van der Waals surface area contributed by atoms with Gasteiger partial charge in [-0.2, -0.15) is 18.2 Å². The molecule has 0 radical (unpaired) electrons. The molecule has 2 rings (SSSR count). The van der Waals surface area contributed by atoms with Crippen LogP contribution in [0.15, 0.2) is 27.5 Å². The Labute approximate surface area is 107 Å². The maximum atomic E-state index is 12.3. The van der Waals surface area contributed by atoms with Crippen LogP contribution in [0.1, 0.15) is 23.3 Å². The number of halogens is 4. The summed E-state index contributed by atoms with van der Waals surface area (Å²) >= 11 is 3.18. The van der Waals surface area contributed by atoms with Crippen molar-refractivity contribution in [2.45, 2.75) is 12.2 Å². The summed E-state index contributed by atoms with van der Waals surface area (Å²) < 4.78 is 41.6. The van der Waals surface area contributed by atoms with Crippen molar-refractivity contribution in [3.05, 3.63) is 40.2 Å². The number of pyridine rings is 1. The zero-order valence-corrected chi connectivity index (χ0v) is 10.2. The average Bonchev–Trinajstić information content (AvgIpc) is 2.77.